The van der Waals surface area contributed by atoms with Crippen LogP contribution in [0.1, 0.15) is 0 Å². The van der Waals surface area contributed by atoms with Gasteiger partial charge in [-0.1, -0.05) is 6.07 Å². The van der Waals surface area contributed by atoms with Crippen LogP contribution in [0.3, 0.4) is 0 Å². The predicted octanol–water partition coefficient (Wildman–Crippen LogP) is 3.24. The Morgan fingerprint density at radius 1 is 0.963 bits per heavy atom. The molecule has 4 rings (SSSR count). The highest BCUT2D eigenvalue weighted by Crippen LogP contribution is 2.43. The number of ether oxygens (including phenoxy) is 5. The highest BCUT2D eigenvalue weighted by molar-refractivity contribution is 5.69. The van der Waals surface area contributed by atoms with Crippen LogP contribution in [-0.2, 0) is 0 Å². The number of hydrogen-bond acceptors (Lipinski definition) is 7. The summed E-state index contributed by atoms with van der Waals surface area (Å²) in [6, 6.07) is 9.81. The maximum Gasteiger partial charge on any atom is 0.231 e. The Bertz CT molecular complexity index is 842. The van der Waals surface area contributed by atoms with Crippen molar-refractivity contribution in [2.75, 3.05) is 51.1 Å². The molecule has 142 valence electrons. The lowest BCUT2D eigenvalue weighted by atomic mass is 10.2. The summed E-state index contributed by atoms with van der Waals surface area (Å²) in [7, 11) is 4.83. The van der Waals surface area contributed by atoms with Crippen molar-refractivity contribution >= 4 is 11.4 Å². The highest BCUT2D eigenvalue weighted by Gasteiger charge is 2.24. The molecule has 7 heteroatoms. The molecule has 0 saturated carbocycles. The monoisotopic (exact) mass is 370 g/mol. The van der Waals surface area contributed by atoms with E-state index < -0.39 is 0 Å². The van der Waals surface area contributed by atoms with Gasteiger partial charge < -0.3 is 33.5 Å². The maximum atomic E-state index is 5.66. The maximum absolute atomic E-state index is 5.66. The third-order valence-corrected chi connectivity index (χ3v) is 4.63. The van der Waals surface area contributed by atoms with E-state index in [0.29, 0.717) is 23.9 Å². The highest BCUT2D eigenvalue weighted by atomic mass is 16.7. The van der Waals surface area contributed by atoms with Crippen molar-refractivity contribution in [1.82, 2.24) is 0 Å². The smallest absolute Gasteiger partial charge is 0.231 e. The van der Waals surface area contributed by atoms with E-state index in [2.05, 4.69) is 22.1 Å². The summed E-state index contributed by atoms with van der Waals surface area (Å²) < 4.78 is 27.5. The van der Waals surface area contributed by atoms with Gasteiger partial charge in [0.15, 0.2) is 23.0 Å². The second-order valence-electron chi connectivity index (χ2n) is 6.11. The van der Waals surface area contributed by atoms with Crippen molar-refractivity contribution < 1.29 is 23.7 Å². The van der Waals surface area contributed by atoms with Gasteiger partial charge in [0.05, 0.1) is 33.7 Å². The van der Waals surface area contributed by atoms with Gasteiger partial charge in [-0.3, -0.25) is 0 Å². The molecule has 2 aliphatic heterocycles. The molecule has 0 saturated heterocycles. The van der Waals surface area contributed by atoms with Gasteiger partial charge in [0.2, 0.25) is 12.5 Å². The van der Waals surface area contributed by atoms with Crippen molar-refractivity contribution in [2.45, 2.75) is 0 Å². The molecule has 2 heterocycles. The lowest BCUT2D eigenvalue weighted by Gasteiger charge is -2.35. The van der Waals surface area contributed by atoms with Crippen LogP contribution in [0.4, 0.5) is 11.4 Å². The van der Waals surface area contributed by atoms with E-state index in [0.717, 1.165) is 29.4 Å². The van der Waals surface area contributed by atoms with E-state index in [1.807, 2.05) is 30.3 Å². The molecule has 0 fully saturated rings. The number of nitrogens with zero attached hydrogens (tertiary/aromatic N) is 2. The van der Waals surface area contributed by atoms with Crippen molar-refractivity contribution in [2.24, 2.45) is 0 Å². The van der Waals surface area contributed by atoms with Crippen LogP contribution in [0.25, 0.3) is 0 Å². The average Bonchev–Trinajstić information content (AvgIpc) is 3.21. The van der Waals surface area contributed by atoms with Gasteiger partial charge in [-0.05, 0) is 18.2 Å². The number of para-hydroxylation sites is 1. The Hall–Kier alpha value is -3.22. The summed E-state index contributed by atoms with van der Waals surface area (Å²) in [6.45, 7) is 1.68. The number of fused-ring (bicyclic) bond motifs is 1. The zero-order chi connectivity index (χ0) is 18.8. The fourth-order valence-electron chi connectivity index (χ4n) is 3.33. The third kappa shape index (κ3) is 3.05. The summed E-state index contributed by atoms with van der Waals surface area (Å²) in [4.78, 5) is 4.33. The standard InChI is InChI=1S/C20H22N2O5/c1-23-17-10-14(11-18(24-2)20(17)25-3)21-8-5-9-22(12-21)15-6-4-7-16-19(15)27-13-26-16/h4-8,10-11H,9,12-13H2,1-3H3. The molecule has 0 atom stereocenters. The fraction of sp³-hybridized carbons (Fsp3) is 0.300. The first-order valence-electron chi connectivity index (χ1n) is 8.62. The minimum absolute atomic E-state index is 0.257. The second kappa shape index (κ2) is 7.19. The first-order valence-corrected chi connectivity index (χ1v) is 8.62. The molecule has 2 aromatic carbocycles. The fourth-order valence-corrected chi connectivity index (χ4v) is 3.33. The molecular weight excluding hydrogens is 348 g/mol. The lowest BCUT2D eigenvalue weighted by molar-refractivity contribution is 0.174. The molecule has 27 heavy (non-hydrogen) atoms. The summed E-state index contributed by atoms with van der Waals surface area (Å²) in [5.41, 5.74) is 1.95. The minimum Gasteiger partial charge on any atom is -0.493 e. The van der Waals surface area contributed by atoms with Crippen LogP contribution >= 0.6 is 0 Å². The first kappa shape index (κ1) is 17.2. The van der Waals surface area contributed by atoms with E-state index in [1.165, 1.54) is 0 Å². The van der Waals surface area contributed by atoms with Crippen molar-refractivity contribution in [3.63, 3.8) is 0 Å². The first-order chi connectivity index (χ1) is 13.2. The third-order valence-electron chi connectivity index (χ3n) is 4.63. The van der Waals surface area contributed by atoms with Crippen LogP contribution in [-0.4, -0.2) is 41.3 Å². The Kier molecular flexibility index (Phi) is 4.58. The molecule has 0 N–H and O–H groups in total. The summed E-state index contributed by atoms with van der Waals surface area (Å²) in [5, 5.41) is 0. The normalized spacial score (nSPS) is 15.1. The van der Waals surface area contributed by atoms with Crippen molar-refractivity contribution in [1.29, 1.82) is 0 Å². The quantitative estimate of drug-likeness (QED) is 0.801. The van der Waals surface area contributed by atoms with Crippen LogP contribution < -0.4 is 33.5 Å². The Balaban J connectivity index is 1.65. The molecule has 0 aromatic heterocycles. The molecule has 2 aromatic rings. The topological polar surface area (TPSA) is 52.6 Å². The van der Waals surface area contributed by atoms with Gasteiger partial charge in [-0.2, -0.15) is 0 Å². The molecule has 0 radical (unpaired) electrons. The minimum atomic E-state index is 0.257. The zero-order valence-corrected chi connectivity index (χ0v) is 15.6. The molecule has 0 spiro atoms. The SMILES string of the molecule is COc1cc(N2C=CCN(c3cccc4c3OCO4)C2)cc(OC)c1OC. The summed E-state index contributed by atoms with van der Waals surface area (Å²) in [5.74, 6) is 3.39. The molecule has 7 nitrogen and oxygen atoms in total. The number of anilines is 2. The van der Waals surface area contributed by atoms with Crippen LogP contribution in [0.2, 0.25) is 0 Å². The lowest BCUT2D eigenvalue weighted by Crippen LogP contribution is -2.39. The number of rotatable bonds is 5. The van der Waals surface area contributed by atoms with Crippen molar-refractivity contribution in [3.8, 4) is 28.7 Å². The Morgan fingerprint density at radius 3 is 2.44 bits per heavy atom. The van der Waals surface area contributed by atoms with Crippen molar-refractivity contribution in [3.05, 3.63) is 42.6 Å². The summed E-state index contributed by atoms with van der Waals surface area (Å²) in [6.07, 6.45) is 4.15. The van der Waals surface area contributed by atoms with Gasteiger partial charge in [-0.25, -0.2) is 0 Å². The Morgan fingerprint density at radius 2 is 1.74 bits per heavy atom. The van der Waals surface area contributed by atoms with Gasteiger partial charge in [-0.15, -0.1) is 0 Å². The molecule has 0 aliphatic carbocycles. The van der Waals surface area contributed by atoms with Gasteiger partial charge >= 0.3 is 0 Å². The van der Waals surface area contributed by atoms with Gasteiger partial charge in [0.1, 0.15) is 0 Å². The Labute approximate surface area is 158 Å². The largest absolute Gasteiger partial charge is 0.493 e. The van der Waals surface area contributed by atoms with Gasteiger partial charge in [0.25, 0.3) is 0 Å². The molecule has 0 amide bonds. The van der Waals surface area contributed by atoms with Crippen LogP contribution in [0.15, 0.2) is 42.6 Å². The number of methoxy groups -OCH3 is 3. The van der Waals surface area contributed by atoms with E-state index in [-0.39, 0.29) is 6.79 Å². The zero-order valence-electron chi connectivity index (χ0n) is 15.6. The van der Waals surface area contributed by atoms with Crippen LogP contribution in [0, 0.1) is 0 Å². The number of hydrogen-bond donors (Lipinski definition) is 0. The molecule has 0 bridgehead atoms. The van der Waals surface area contributed by atoms with Gasteiger partial charge in [0, 0.05) is 30.6 Å². The molecular formula is C20H22N2O5. The second-order valence-corrected chi connectivity index (χ2v) is 6.11. The average molecular weight is 370 g/mol. The molecule has 0 unspecified atom stereocenters. The number of benzene rings is 2. The summed E-state index contributed by atoms with van der Waals surface area (Å²) >= 11 is 0. The van der Waals surface area contributed by atoms with E-state index in [1.54, 1.807) is 21.3 Å². The van der Waals surface area contributed by atoms with E-state index >= 15 is 0 Å². The van der Waals surface area contributed by atoms with E-state index in [4.69, 9.17) is 23.7 Å². The molecule has 2 aliphatic rings. The van der Waals surface area contributed by atoms with E-state index in [9.17, 15) is 0 Å². The van der Waals surface area contributed by atoms with Crippen LogP contribution in [0.5, 0.6) is 28.7 Å². The predicted molar refractivity (Wildman–Crippen MR) is 102 cm³/mol.